The van der Waals surface area contributed by atoms with E-state index in [9.17, 15) is 0 Å². The van der Waals surface area contributed by atoms with Crippen molar-refractivity contribution in [2.45, 2.75) is 13.8 Å². The van der Waals surface area contributed by atoms with E-state index in [-0.39, 0.29) is 29.9 Å². The van der Waals surface area contributed by atoms with Crippen LogP contribution in [0.25, 0.3) is 0 Å². The molecule has 0 heterocycles. The maximum Gasteiger partial charge on any atom is 0.185 e. The summed E-state index contributed by atoms with van der Waals surface area (Å²) < 4.78 is 0. The predicted molar refractivity (Wildman–Crippen MR) is 85.2 cm³/mol. The fourth-order valence-corrected chi connectivity index (χ4v) is 1.59. The van der Waals surface area contributed by atoms with E-state index >= 15 is 0 Å². The predicted octanol–water partition coefficient (Wildman–Crippen LogP) is 1.71. The van der Waals surface area contributed by atoms with Crippen LogP contribution in [-0.2, 0) is 0 Å². The van der Waals surface area contributed by atoms with Crippen molar-refractivity contribution in [3.63, 3.8) is 0 Å². The molecule has 0 saturated heterocycles. The highest BCUT2D eigenvalue weighted by Gasteiger charge is 2.02. The van der Waals surface area contributed by atoms with Crippen molar-refractivity contribution in [3.8, 4) is 0 Å². The van der Waals surface area contributed by atoms with Crippen LogP contribution in [0, 0.1) is 6.92 Å². The summed E-state index contributed by atoms with van der Waals surface area (Å²) in [5.74, 6) is 0.153. The summed E-state index contributed by atoms with van der Waals surface area (Å²) in [5.41, 5.74) is 13.1. The fraction of sp³-hybridized carbons (Fsp3) is 0.417. The molecule has 96 valence electrons. The highest BCUT2D eigenvalue weighted by molar-refractivity contribution is 14.0. The van der Waals surface area contributed by atoms with E-state index in [4.69, 9.17) is 11.5 Å². The molecule has 0 aliphatic heterocycles. The van der Waals surface area contributed by atoms with E-state index < -0.39 is 0 Å². The number of likely N-dealkylation sites (N-methyl/N-ethyl adjacent to an activating group) is 1. The molecule has 0 unspecified atom stereocenters. The molecule has 0 bridgehead atoms. The van der Waals surface area contributed by atoms with Gasteiger partial charge in [0.15, 0.2) is 5.96 Å². The summed E-state index contributed by atoms with van der Waals surface area (Å²) in [7, 11) is 0. The minimum atomic E-state index is 0. The van der Waals surface area contributed by atoms with Gasteiger partial charge < -0.3 is 16.4 Å². The molecular weight excluding hydrogens is 327 g/mol. The number of anilines is 1. The quantitative estimate of drug-likeness (QED) is 0.484. The number of nitrogens with zero attached hydrogens (tertiary/aromatic N) is 2. The summed E-state index contributed by atoms with van der Waals surface area (Å²) in [6.07, 6.45) is 0. The highest BCUT2D eigenvalue weighted by atomic mass is 127. The van der Waals surface area contributed by atoms with Gasteiger partial charge in [0.25, 0.3) is 0 Å². The molecule has 1 aromatic carbocycles. The third kappa shape index (κ3) is 5.76. The Labute approximate surface area is 120 Å². The number of hydrogen-bond donors (Lipinski definition) is 2. The fourth-order valence-electron chi connectivity index (χ4n) is 1.59. The zero-order chi connectivity index (χ0) is 12.0. The number of guanidine groups is 1. The van der Waals surface area contributed by atoms with Crippen LogP contribution in [0.1, 0.15) is 12.5 Å². The summed E-state index contributed by atoms with van der Waals surface area (Å²) in [6.45, 7) is 6.62. The molecule has 1 rings (SSSR count). The minimum Gasteiger partial charge on any atom is -0.370 e. The normalized spacial score (nSPS) is 9.29. The summed E-state index contributed by atoms with van der Waals surface area (Å²) in [6, 6.07) is 8.42. The molecule has 4 N–H and O–H groups in total. The molecule has 0 spiro atoms. The highest BCUT2D eigenvalue weighted by Crippen LogP contribution is 2.15. The Morgan fingerprint density at radius 1 is 1.35 bits per heavy atom. The monoisotopic (exact) mass is 348 g/mol. The first-order valence-electron chi connectivity index (χ1n) is 5.50. The molecule has 4 nitrogen and oxygen atoms in total. The second-order valence-corrected chi connectivity index (χ2v) is 3.73. The zero-order valence-corrected chi connectivity index (χ0v) is 12.7. The van der Waals surface area contributed by atoms with Gasteiger partial charge in [0.2, 0.25) is 0 Å². The molecular formula is C12H21IN4. The van der Waals surface area contributed by atoms with E-state index in [1.54, 1.807) is 0 Å². The van der Waals surface area contributed by atoms with Crippen molar-refractivity contribution >= 4 is 35.6 Å². The van der Waals surface area contributed by atoms with Gasteiger partial charge in [-0.15, -0.1) is 24.0 Å². The smallest absolute Gasteiger partial charge is 0.185 e. The van der Waals surface area contributed by atoms with Crippen molar-refractivity contribution in [2.75, 3.05) is 24.5 Å². The number of nitrogens with two attached hydrogens (primary N) is 2. The van der Waals surface area contributed by atoms with Crippen molar-refractivity contribution in [2.24, 2.45) is 16.5 Å². The molecule has 0 aliphatic carbocycles. The molecule has 17 heavy (non-hydrogen) atoms. The van der Waals surface area contributed by atoms with Crippen molar-refractivity contribution in [3.05, 3.63) is 29.8 Å². The Kier molecular flexibility index (Phi) is 7.69. The molecule has 0 aliphatic rings. The van der Waals surface area contributed by atoms with E-state index in [1.807, 2.05) is 0 Å². The number of benzene rings is 1. The van der Waals surface area contributed by atoms with Gasteiger partial charge in [-0.2, -0.15) is 0 Å². The Bertz CT molecular complexity index is 361. The van der Waals surface area contributed by atoms with Crippen LogP contribution in [0.3, 0.4) is 0 Å². The molecule has 0 saturated carbocycles. The van der Waals surface area contributed by atoms with Crippen LogP contribution in [-0.4, -0.2) is 25.6 Å². The van der Waals surface area contributed by atoms with Crippen molar-refractivity contribution in [1.29, 1.82) is 0 Å². The zero-order valence-electron chi connectivity index (χ0n) is 10.4. The standard InChI is InChI=1S/C12H20N4.HI/c1-3-16(8-7-15-12(13)14)11-6-4-5-10(2)9-11;/h4-6,9H,3,7-8H2,1-2H3,(H4,13,14,15);1H. The van der Waals surface area contributed by atoms with Crippen LogP contribution in [0.15, 0.2) is 29.3 Å². The van der Waals surface area contributed by atoms with E-state index in [1.165, 1.54) is 11.3 Å². The molecule has 0 amide bonds. The third-order valence-corrected chi connectivity index (χ3v) is 2.41. The molecule has 0 atom stereocenters. The van der Waals surface area contributed by atoms with Crippen LogP contribution >= 0.6 is 24.0 Å². The second kappa shape index (κ2) is 8.16. The lowest BCUT2D eigenvalue weighted by molar-refractivity contribution is 0.815. The van der Waals surface area contributed by atoms with Gasteiger partial charge in [-0.1, -0.05) is 12.1 Å². The molecule has 0 radical (unpaired) electrons. The van der Waals surface area contributed by atoms with Crippen molar-refractivity contribution in [1.82, 2.24) is 0 Å². The first-order chi connectivity index (χ1) is 7.63. The lowest BCUT2D eigenvalue weighted by atomic mass is 10.2. The summed E-state index contributed by atoms with van der Waals surface area (Å²) >= 11 is 0. The Morgan fingerprint density at radius 3 is 2.59 bits per heavy atom. The Hall–Kier alpha value is -0.980. The topological polar surface area (TPSA) is 67.6 Å². The average molecular weight is 348 g/mol. The lowest BCUT2D eigenvalue weighted by Crippen LogP contribution is -2.28. The molecule has 0 aromatic heterocycles. The summed E-state index contributed by atoms with van der Waals surface area (Å²) in [4.78, 5) is 6.24. The maximum absolute atomic E-state index is 5.29. The lowest BCUT2D eigenvalue weighted by Gasteiger charge is -2.22. The van der Waals surface area contributed by atoms with Gasteiger partial charge >= 0.3 is 0 Å². The second-order valence-electron chi connectivity index (χ2n) is 3.73. The van der Waals surface area contributed by atoms with E-state index in [0.717, 1.165) is 13.1 Å². The summed E-state index contributed by atoms with van der Waals surface area (Å²) in [5, 5.41) is 0. The number of rotatable bonds is 5. The van der Waals surface area contributed by atoms with Gasteiger partial charge in [0.1, 0.15) is 0 Å². The van der Waals surface area contributed by atoms with Crippen LogP contribution < -0.4 is 16.4 Å². The molecule has 5 heteroatoms. The Morgan fingerprint density at radius 2 is 2.06 bits per heavy atom. The van der Waals surface area contributed by atoms with Gasteiger partial charge in [0.05, 0.1) is 6.54 Å². The van der Waals surface area contributed by atoms with Gasteiger partial charge in [-0.05, 0) is 31.5 Å². The van der Waals surface area contributed by atoms with Gasteiger partial charge in [-0.25, -0.2) is 0 Å². The van der Waals surface area contributed by atoms with Crippen LogP contribution in [0.5, 0.6) is 0 Å². The SMILES string of the molecule is CCN(CCN=C(N)N)c1cccc(C)c1.I. The maximum atomic E-state index is 5.29. The third-order valence-electron chi connectivity index (χ3n) is 2.41. The number of aryl methyl sites for hydroxylation is 1. The van der Waals surface area contributed by atoms with Crippen molar-refractivity contribution < 1.29 is 0 Å². The largest absolute Gasteiger partial charge is 0.370 e. The van der Waals surface area contributed by atoms with Crippen LogP contribution in [0.2, 0.25) is 0 Å². The van der Waals surface area contributed by atoms with E-state index in [2.05, 4.69) is 48.0 Å². The first kappa shape index (κ1) is 16.0. The number of hydrogen-bond acceptors (Lipinski definition) is 2. The average Bonchev–Trinajstić information content (AvgIpc) is 2.24. The minimum absolute atomic E-state index is 0. The number of halogens is 1. The van der Waals surface area contributed by atoms with Crippen LogP contribution in [0.4, 0.5) is 5.69 Å². The Balaban J connectivity index is 0.00000256. The molecule has 0 fully saturated rings. The van der Waals surface area contributed by atoms with E-state index in [0.29, 0.717) is 6.54 Å². The van der Waals surface area contributed by atoms with Gasteiger partial charge in [0, 0.05) is 18.8 Å². The molecule has 1 aromatic rings. The number of aliphatic imine (C=N–C) groups is 1. The first-order valence-corrected chi connectivity index (χ1v) is 5.50. The van der Waals surface area contributed by atoms with Gasteiger partial charge in [-0.3, -0.25) is 4.99 Å².